The first-order valence-corrected chi connectivity index (χ1v) is 8.16. The number of nitrogens with zero attached hydrogens (tertiary/aromatic N) is 5. The maximum atomic E-state index is 12.8. The predicted molar refractivity (Wildman–Crippen MR) is 96.2 cm³/mol. The van der Waals surface area contributed by atoms with Crippen LogP contribution in [0, 0.1) is 0 Å². The molecule has 0 aliphatic heterocycles. The van der Waals surface area contributed by atoms with Crippen molar-refractivity contribution in [3.8, 4) is 5.69 Å². The second kappa shape index (κ2) is 6.14. The molecule has 0 radical (unpaired) electrons. The summed E-state index contributed by atoms with van der Waals surface area (Å²) < 4.78 is 3.10. The van der Waals surface area contributed by atoms with E-state index in [4.69, 9.17) is 11.6 Å². The first-order chi connectivity index (χ1) is 12.1. The summed E-state index contributed by atoms with van der Waals surface area (Å²) in [5, 5.41) is 8.74. The molecule has 2 aromatic heterocycles. The molecule has 0 aliphatic rings. The molecular weight excluding hydrogens is 338 g/mol. The smallest absolute Gasteiger partial charge is 0.284 e. The van der Waals surface area contributed by atoms with Gasteiger partial charge in [0.25, 0.3) is 5.56 Å². The third-order valence-corrected chi connectivity index (χ3v) is 4.41. The summed E-state index contributed by atoms with van der Waals surface area (Å²) in [5.41, 5.74) is 2.20. The van der Waals surface area contributed by atoms with Crippen LogP contribution in [-0.4, -0.2) is 24.5 Å². The molecule has 0 amide bonds. The second-order valence-corrected chi connectivity index (χ2v) is 6.13. The molecule has 0 aliphatic carbocycles. The molecule has 2 heterocycles. The van der Waals surface area contributed by atoms with Crippen LogP contribution >= 0.6 is 11.6 Å². The Balaban J connectivity index is 1.82. The molecule has 124 valence electrons. The quantitative estimate of drug-likeness (QED) is 0.568. The molecule has 7 heteroatoms. The molecule has 0 saturated carbocycles. The van der Waals surface area contributed by atoms with Crippen molar-refractivity contribution < 1.29 is 0 Å². The molecule has 2 aromatic carbocycles. The van der Waals surface area contributed by atoms with E-state index in [1.807, 2.05) is 37.3 Å². The van der Waals surface area contributed by atoms with Crippen LogP contribution in [0.2, 0.25) is 5.02 Å². The van der Waals surface area contributed by atoms with Gasteiger partial charge in [-0.05, 0) is 36.8 Å². The van der Waals surface area contributed by atoms with Gasteiger partial charge in [0.2, 0.25) is 0 Å². The summed E-state index contributed by atoms with van der Waals surface area (Å²) in [4.78, 5) is 17.2. The van der Waals surface area contributed by atoms with Gasteiger partial charge < -0.3 is 0 Å². The molecule has 0 bridgehead atoms. The molecule has 0 unspecified atom stereocenters. The molecule has 0 N–H and O–H groups in total. The van der Waals surface area contributed by atoms with E-state index in [1.165, 1.54) is 11.0 Å². The lowest BCUT2D eigenvalue weighted by molar-refractivity contribution is 0.607. The van der Waals surface area contributed by atoms with Gasteiger partial charge in [-0.25, -0.2) is 4.98 Å². The number of hydrogen-bond donors (Lipinski definition) is 0. The van der Waals surface area contributed by atoms with Crippen LogP contribution in [0.5, 0.6) is 0 Å². The fraction of sp³-hybridized carbons (Fsp3) is 0.111. The Morgan fingerprint density at radius 3 is 2.48 bits per heavy atom. The summed E-state index contributed by atoms with van der Waals surface area (Å²) in [6.45, 7) is 1.95. The van der Waals surface area contributed by atoms with Crippen molar-refractivity contribution in [1.82, 2.24) is 24.5 Å². The number of halogens is 1. The summed E-state index contributed by atoms with van der Waals surface area (Å²) in [6, 6.07) is 16.7. The van der Waals surface area contributed by atoms with Crippen LogP contribution in [0.3, 0.4) is 0 Å². The van der Waals surface area contributed by atoms with Crippen LogP contribution in [-0.2, 0) is 0 Å². The van der Waals surface area contributed by atoms with Crippen molar-refractivity contribution in [2.75, 3.05) is 0 Å². The summed E-state index contributed by atoms with van der Waals surface area (Å²) in [5.74, 6) is 0. The zero-order valence-corrected chi connectivity index (χ0v) is 14.1. The fourth-order valence-electron chi connectivity index (χ4n) is 2.75. The topological polar surface area (TPSA) is 65.6 Å². The summed E-state index contributed by atoms with van der Waals surface area (Å²) in [6.07, 6.45) is 1.54. The SMILES string of the molecule is C[C@H](c1ccccc1)n1cnc2c(nnn2-c2ccc(Cl)cc2)c1=O. The lowest BCUT2D eigenvalue weighted by Gasteiger charge is -2.14. The van der Waals surface area contributed by atoms with Gasteiger partial charge in [-0.2, -0.15) is 4.68 Å². The first kappa shape index (κ1) is 15.5. The predicted octanol–water partition coefficient (Wildman–Crippen LogP) is 3.24. The zero-order chi connectivity index (χ0) is 17.4. The van der Waals surface area contributed by atoms with Crippen molar-refractivity contribution in [2.45, 2.75) is 13.0 Å². The Morgan fingerprint density at radius 1 is 1.04 bits per heavy atom. The molecule has 6 nitrogen and oxygen atoms in total. The van der Waals surface area contributed by atoms with Crippen LogP contribution in [0.1, 0.15) is 18.5 Å². The van der Waals surface area contributed by atoms with E-state index in [0.29, 0.717) is 10.7 Å². The summed E-state index contributed by atoms with van der Waals surface area (Å²) >= 11 is 5.92. The highest BCUT2D eigenvalue weighted by Gasteiger charge is 2.16. The lowest BCUT2D eigenvalue weighted by atomic mass is 10.1. The molecule has 25 heavy (non-hydrogen) atoms. The maximum absolute atomic E-state index is 12.8. The van der Waals surface area contributed by atoms with Gasteiger partial charge in [0.1, 0.15) is 6.33 Å². The van der Waals surface area contributed by atoms with Gasteiger partial charge in [0, 0.05) is 5.02 Å². The molecule has 4 rings (SSSR count). The van der Waals surface area contributed by atoms with Crippen molar-refractivity contribution in [3.05, 3.63) is 81.9 Å². The van der Waals surface area contributed by atoms with Crippen molar-refractivity contribution in [3.63, 3.8) is 0 Å². The van der Waals surface area contributed by atoms with Gasteiger partial charge >= 0.3 is 0 Å². The minimum atomic E-state index is -0.221. The van der Waals surface area contributed by atoms with Crippen molar-refractivity contribution in [2.24, 2.45) is 0 Å². The Morgan fingerprint density at radius 2 is 1.76 bits per heavy atom. The molecule has 0 fully saturated rings. The summed E-state index contributed by atoms with van der Waals surface area (Å²) in [7, 11) is 0. The highest BCUT2D eigenvalue weighted by molar-refractivity contribution is 6.30. The van der Waals surface area contributed by atoms with Crippen LogP contribution in [0.25, 0.3) is 16.9 Å². The normalized spacial score (nSPS) is 12.4. The average Bonchev–Trinajstić information content (AvgIpc) is 3.08. The van der Waals surface area contributed by atoms with Gasteiger partial charge in [-0.15, -0.1) is 5.10 Å². The molecule has 1 atom stereocenters. The van der Waals surface area contributed by atoms with Gasteiger partial charge in [0.15, 0.2) is 11.2 Å². The molecular formula is C18H14ClN5O. The minimum Gasteiger partial charge on any atom is -0.290 e. The third-order valence-electron chi connectivity index (χ3n) is 4.16. The number of aromatic nitrogens is 5. The molecule has 4 aromatic rings. The minimum absolute atomic E-state index is 0.147. The Kier molecular flexibility index (Phi) is 3.82. The Bertz CT molecular complexity index is 1090. The van der Waals surface area contributed by atoms with Gasteiger partial charge in [0.05, 0.1) is 11.7 Å². The van der Waals surface area contributed by atoms with E-state index < -0.39 is 0 Å². The van der Waals surface area contributed by atoms with Crippen LogP contribution < -0.4 is 5.56 Å². The van der Waals surface area contributed by atoms with E-state index in [0.717, 1.165) is 11.3 Å². The average molecular weight is 352 g/mol. The van der Waals surface area contributed by atoms with Crippen LogP contribution in [0.15, 0.2) is 65.7 Å². The fourth-order valence-corrected chi connectivity index (χ4v) is 2.87. The highest BCUT2D eigenvalue weighted by Crippen LogP contribution is 2.18. The van der Waals surface area contributed by atoms with E-state index in [-0.39, 0.29) is 17.1 Å². The van der Waals surface area contributed by atoms with Gasteiger partial charge in [-0.3, -0.25) is 9.36 Å². The highest BCUT2D eigenvalue weighted by atomic mass is 35.5. The van der Waals surface area contributed by atoms with Crippen molar-refractivity contribution in [1.29, 1.82) is 0 Å². The number of hydrogen-bond acceptors (Lipinski definition) is 4. The second-order valence-electron chi connectivity index (χ2n) is 5.69. The molecule has 0 spiro atoms. The lowest BCUT2D eigenvalue weighted by Crippen LogP contribution is -2.24. The number of fused-ring (bicyclic) bond motifs is 1. The van der Waals surface area contributed by atoms with E-state index >= 15 is 0 Å². The third kappa shape index (κ3) is 2.70. The monoisotopic (exact) mass is 351 g/mol. The number of rotatable bonds is 3. The maximum Gasteiger partial charge on any atom is 0.284 e. The standard InChI is InChI=1S/C18H14ClN5O/c1-12(13-5-3-2-4-6-13)23-11-20-17-16(18(23)25)21-22-24(17)15-9-7-14(19)8-10-15/h2-12H,1H3/t12-/m1/s1. The number of benzene rings is 2. The van der Waals surface area contributed by atoms with E-state index in [1.54, 1.807) is 28.8 Å². The van der Waals surface area contributed by atoms with E-state index in [2.05, 4.69) is 15.3 Å². The first-order valence-electron chi connectivity index (χ1n) is 7.78. The Labute approximate surface area is 148 Å². The van der Waals surface area contributed by atoms with E-state index in [9.17, 15) is 4.79 Å². The Hall–Kier alpha value is -2.99. The molecule has 0 saturated heterocycles. The van der Waals surface area contributed by atoms with Crippen LogP contribution in [0.4, 0.5) is 0 Å². The largest absolute Gasteiger partial charge is 0.290 e. The van der Waals surface area contributed by atoms with Crippen molar-refractivity contribution >= 4 is 22.8 Å². The zero-order valence-electron chi connectivity index (χ0n) is 13.4. The van der Waals surface area contributed by atoms with Gasteiger partial charge in [-0.1, -0.05) is 47.1 Å².